The van der Waals surface area contributed by atoms with Crippen molar-refractivity contribution >= 4 is 58.3 Å². The number of rotatable bonds is 6. The third kappa shape index (κ3) is 8.21. The molecular weight excluding hydrogens is 650 g/mol. The van der Waals surface area contributed by atoms with Crippen LogP contribution in [0.25, 0.3) is 11.3 Å². The number of aryl methyl sites for hydroxylation is 1. The van der Waals surface area contributed by atoms with Crippen molar-refractivity contribution in [2.45, 2.75) is 38.6 Å². The quantitative estimate of drug-likeness (QED) is 0.136. The Kier molecular flexibility index (Phi) is 10.3. The molecule has 11 nitrogen and oxygen atoms in total. The third-order valence-corrected chi connectivity index (χ3v) is 7.85. The molecule has 47 heavy (non-hydrogen) atoms. The molecule has 14 heteroatoms. The summed E-state index contributed by atoms with van der Waals surface area (Å²) in [5, 5.41) is 8.84. The number of H-pyrrole nitrogens is 1. The lowest BCUT2D eigenvalue weighted by atomic mass is 10.0. The van der Waals surface area contributed by atoms with Crippen molar-refractivity contribution < 1.29 is 28.3 Å². The van der Waals surface area contributed by atoms with Gasteiger partial charge in [0, 0.05) is 46.8 Å². The van der Waals surface area contributed by atoms with E-state index < -0.39 is 29.8 Å². The molecule has 5 rings (SSSR count). The monoisotopic (exact) mass is 678 g/mol. The zero-order valence-corrected chi connectivity index (χ0v) is 26.8. The minimum atomic E-state index is -0.788. The normalized spacial score (nSPS) is 14.5. The first-order chi connectivity index (χ1) is 22.5. The van der Waals surface area contributed by atoms with Crippen LogP contribution in [0.3, 0.4) is 0 Å². The maximum atomic E-state index is 14.7. The van der Waals surface area contributed by atoms with Crippen molar-refractivity contribution in [3.05, 3.63) is 105 Å². The maximum absolute atomic E-state index is 14.7. The number of hydrogen-bond donors (Lipinski definition) is 4. The molecule has 1 unspecified atom stereocenters. The highest BCUT2D eigenvalue weighted by Crippen LogP contribution is 2.35. The van der Waals surface area contributed by atoms with Gasteiger partial charge in [0.05, 0.1) is 24.5 Å². The fourth-order valence-electron chi connectivity index (χ4n) is 5.09. The molecule has 2 aromatic carbocycles. The first kappa shape index (κ1) is 33.3. The Bertz CT molecular complexity index is 1910. The second-order valence-electron chi connectivity index (χ2n) is 10.7. The van der Waals surface area contributed by atoms with E-state index in [0.717, 1.165) is 0 Å². The number of carbonyl (C=O) groups is 4. The van der Waals surface area contributed by atoms with Crippen LogP contribution in [-0.2, 0) is 33.6 Å². The number of methoxy groups -OCH3 is 1. The van der Waals surface area contributed by atoms with Crippen LogP contribution in [0.2, 0.25) is 10.2 Å². The number of ether oxygens (including phenoxy) is 1. The SMILES string of the molecule is COC(=O)Nc1ccc2c(c1)NC(=O)CCc1nc(ccc1F)CC(NC(=O)/C=C/Cc1cc(Cl)ccc1C(C)=O)c1nc-2c(Cl)[nH]1. The number of anilines is 2. The van der Waals surface area contributed by atoms with E-state index >= 15 is 0 Å². The van der Waals surface area contributed by atoms with Gasteiger partial charge in [0.1, 0.15) is 22.5 Å². The number of imidazole rings is 1. The van der Waals surface area contributed by atoms with Crippen LogP contribution in [0, 0.1) is 5.82 Å². The van der Waals surface area contributed by atoms with Gasteiger partial charge in [-0.2, -0.15) is 0 Å². The van der Waals surface area contributed by atoms with Crippen molar-refractivity contribution in [1.82, 2.24) is 20.3 Å². The number of nitrogens with one attached hydrogen (secondary N) is 4. The Hall–Kier alpha value is -5.07. The summed E-state index contributed by atoms with van der Waals surface area (Å²) in [6.45, 7) is 1.46. The van der Waals surface area contributed by atoms with Crippen LogP contribution in [0.5, 0.6) is 0 Å². The molecule has 1 aliphatic heterocycles. The van der Waals surface area contributed by atoms with Gasteiger partial charge in [0.25, 0.3) is 0 Å². The number of fused-ring (bicyclic) bond motifs is 6. The van der Waals surface area contributed by atoms with Crippen molar-refractivity contribution in [2.75, 3.05) is 17.7 Å². The first-order valence-electron chi connectivity index (χ1n) is 14.5. The molecule has 0 spiro atoms. The van der Waals surface area contributed by atoms with E-state index in [1.807, 2.05) is 0 Å². The molecule has 0 aliphatic carbocycles. The van der Waals surface area contributed by atoms with Gasteiger partial charge in [-0.25, -0.2) is 14.2 Å². The lowest BCUT2D eigenvalue weighted by Crippen LogP contribution is -2.29. The Balaban J connectivity index is 1.49. The first-order valence-corrected chi connectivity index (χ1v) is 15.2. The van der Waals surface area contributed by atoms with Gasteiger partial charge in [0.15, 0.2) is 5.78 Å². The van der Waals surface area contributed by atoms with Gasteiger partial charge in [-0.3, -0.25) is 24.7 Å². The number of allylic oxidation sites excluding steroid dienone is 1. The number of carbonyl (C=O) groups excluding carboxylic acids is 4. The summed E-state index contributed by atoms with van der Waals surface area (Å²) in [7, 11) is 1.22. The third-order valence-electron chi connectivity index (χ3n) is 7.34. The van der Waals surface area contributed by atoms with E-state index in [9.17, 15) is 23.6 Å². The van der Waals surface area contributed by atoms with Crippen LogP contribution in [0.1, 0.15) is 52.5 Å². The highest BCUT2D eigenvalue weighted by molar-refractivity contribution is 6.32. The Morgan fingerprint density at radius 2 is 1.89 bits per heavy atom. The van der Waals surface area contributed by atoms with Gasteiger partial charge < -0.3 is 20.4 Å². The standard InChI is InChI=1S/C33H29Cl2FN6O5/c1-17(43)22-9-6-19(34)14-18(22)4-3-5-28(44)40-27-16-20-8-11-24(36)25(37-20)12-13-29(45)39-26-15-21(38-33(46)47-2)7-10-23(26)30-31(35)42-32(27)41-30/h3,5-11,14-15,27H,4,12-13,16H2,1-2H3,(H,38,46)(H,39,45)(H,40,44)(H,41,42)/b5-3+. The smallest absolute Gasteiger partial charge is 0.411 e. The van der Waals surface area contributed by atoms with Gasteiger partial charge in [-0.05, 0) is 73.5 Å². The topological polar surface area (TPSA) is 155 Å². The Labute approximate surface area is 278 Å². The second kappa shape index (κ2) is 14.6. The molecule has 2 aromatic heterocycles. The highest BCUT2D eigenvalue weighted by atomic mass is 35.5. The van der Waals surface area contributed by atoms with Crippen molar-refractivity contribution in [2.24, 2.45) is 0 Å². The molecule has 0 fully saturated rings. The number of halogens is 3. The average Bonchev–Trinajstić information content (AvgIpc) is 3.41. The average molecular weight is 680 g/mol. The maximum Gasteiger partial charge on any atom is 0.411 e. The number of pyridine rings is 1. The second-order valence-corrected chi connectivity index (χ2v) is 11.5. The van der Waals surface area contributed by atoms with Crippen molar-refractivity contribution in [3.63, 3.8) is 0 Å². The van der Waals surface area contributed by atoms with Crippen LogP contribution in [0.4, 0.5) is 20.6 Å². The molecule has 3 heterocycles. The fourth-order valence-corrected chi connectivity index (χ4v) is 5.52. The number of benzene rings is 2. The van der Waals surface area contributed by atoms with E-state index in [4.69, 9.17) is 23.2 Å². The van der Waals surface area contributed by atoms with Gasteiger partial charge in [0.2, 0.25) is 11.8 Å². The number of Topliss-reactive ketones (excluding diaryl/α,β-unsaturated/α-hetero) is 1. The number of hydrogen-bond acceptors (Lipinski definition) is 7. The summed E-state index contributed by atoms with van der Waals surface area (Å²) < 4.78 is 19.4. The summed E-state index contributed by atoms with van der Waals surface area (Å²) in [5.41, 5.74) is 3.02. The summed E-state index contributed by atoms with van der Waals surface area (Å²) in [4.78, 5) is 62.1. The number of nitrogens with zero attached hydrogens (tertiary/aromatic N) is 2. The van der Waals surface area contributed by atoms with Crippen LogP contribution in [0.15, 0.2) is 60.7 Å². The Morgan fingerprint density at radius 3 is 2.66 bits per heavy atom. The van der Waals surface area contributed by atoms with E-state index in [1.165, 1.54) is 38.3 Å². The summed E-state index contributed by atoms with van der Waals surface area (Å²) in [5.74, 6) is -1.31. The molecular formula is C33H29Cl2FN6O5. The lowest BCUT2D eigenvalue weighted by Gasteiger charge is -2.17. The summed E-state index contributed by atoms with van der Waals surface area (Å²) in [6, 6.07) is 11.6. The number of aromatic nitrogens is 3. The lowest BCUT2D eigenvalue weighted by molar-refractivity contribution is -0.117. The molecule has 4 N–H and O–H groups in total. The minimum absolute atomic E-state index is 0.00904. The van der Waals surface area contributed by atoms with Gasteiger partial charge >= 0.3 is 6.09 Å². The Morgan fingerprint density at radius 1 is 1.09 bits per heavy atom. The molecule has 1 aliphatic rings. The highest BCUT2D eigenvalue weighted by Gasteiger charge is 2.24. The van der Waals surface area contributed by atoms with E-state index in [2.05, 4.69) is 35.6 Å². The molecule has 0 saturated heterocycles. The zero-order valence-electron chi connectivity index (χ0n) is 25.2. The molecule has 0 radical (unpaired) electrons. The zero-order chi connectivity index (χ0) is 33.7. The molecule has 0 saturated carbocycles. The summed E-state index contributed by atoms with van der Waals surface area (Å²) >= 11 is 12.8. The molecule has 4 aromatic rings. The minimum Gasteiger partial charge on any atom is -0.453 e. The van der Waals surface area contributed by atoms with Crippen LogP contribution < -0.4 is 16.0 Å². The van der Waals surface area contributed by atoms with Gasteiger partial charge in [-0.1, -0.05) is 29.3 Å². The van der Waals surface area contributed by atoms with E-state index in [0.29, 0.717) is 33.1 Å². The van der Waals surface area contributed by atoms with Crippen molar-refractivity contribution in [3.8, 4) is 11.3 Å². The number of aromatic amines is 1. The predicted octanol–water partition coefficient (Wildman–Crippen LogP) is 6.38. The van der Waals surface area contributed by atoms with E-state index in [-0.39, 0.29) is 59.5 Å². The molecule has 3 amide bonds. The number of ketones is 1. The fraction of sp³-hybridized carbons (Fsp3) is 0.212. The van der Waals surface area contributed by atoms with Crippen LogP contribution >= 0.6 is 23.2 Å². The number of amides is 3. The molecule has 1 atom stereocenters. The van der Waals surface area contributed by atoms with Gasteiger partial charge in [-0.15, -0.1) is 0 Å². The molecule has 4 bridgehead atoms. The largest absolute Gasteiger partial charge is 0.453 e. The van der Waals surface area contributed by atoms with Crippen molar-refractivity contribution in [1.29, 1.82) is 0 Å². The van der Waals surface area contributed by atoms with Crippen LogP contribution in [-0.4, -0.2) is 45.8 Å². The predicted molar refractivity (Wildman–Crippen MR) is 175 cm³/mol. The summed E-state index contributed by atoms with van der Waals surface area (Å²) in [6.07, 6.45) is 2.55. The van der Waals surface area contributed by atoms with E-state index in [1.54, 1.807) is 36.4 Å². The molecule has 242 valence electrons.